The van der Waals surface area contributed by atoms with Crippen LogP contribution in [0, 0.1) is 0 Å². The second kappa shape index (κ2) is 7.30. The Balaban J connectivity index is 4.95. The van der Waals surface area contributed by atoms with E-state index in [0.29, 0.717) is 11.5 Å². The molecule has 0 aromatic carbocycles. The van der Waals surface area contributed by atoms with Crippen LogP contribution in [0.1, 0.15) is 26.7 Å². The smallest absolute Gasteiger partial charge is 0.198 e. The van der Waals surface area contributed by atoms with Gasteiger partial charge in [-0.3, -0.25) is 0 Å². The van der Waals surface area contributed by atoms with Gasteiger partial charge in [0.15, 0.2) is 11.5 Å². The summed E-state index contributed by atoms with van der Waals surface area (Å²) >= 11 is 0. The van der Waals surface area contributed by atoms with Crippen molar-refractivity contribution in [1.29, 1.82) is 0 Å². The number of ether oxygens (including phenoxy) is 3. The number of hydrogen-bond donors (Lipinski definition) is 0. The summed E-state index contributed by atoms with van der Waals surface area (Å²) in [6, 6.07) is 0. The zero-order valence-electron chi connectivity index (χ0n) is 9.72. The highest BCUT2D eigenvalue weighted by Crippen LogP contribution is 2.20. The van der Waals surface area contributed by atoms with Crippen LogP contribution in [0.2, 0.25) is 0 Å². The van der Waals surface area contributed by atoms with Gasteiger partial charge in [0, 0.05) is 6.42 Å². The van der Waals surface area contributed by atoms with Crippen molar-refractivity contribution in [2.24, 2.45) is 0 Å². The maximum Gasteiger partial charge on any atom is 0.198 e. The molecule has 14 heavy (non-hydrogen) atoms. The number of hydrogen-bond acceptors (Lipinski definition) is 3. The first kappa shape index (κ1) is 12.9. The van der Waals surface area contributed by atoms with Crippen LogP contribution in [0.25, 0.3) is 0 Å². The Kier molecular flexibility index (Phi) is 6.72. The molecular weight excluding hydrogens is 180 g/mol. The Labute approximate surface area is 86.4 Å². The molecule has 0 saturated heterocycles. The molecule has 0 bridgehead atoms. The van der Waals surface area contributed by atoms with Crippen molar-refractivity contribution in [3.8, 4) is 0 Å². The first-order chi connectivity index (χ1) is 6.74. The predicted octanol–water partition coefficient (Wildman–Crippen LogP) is 2.84. The number of methoxy groups -OCH3 is 3. The molecule has 82 valence electrons. The second-order valence-electron chi connectivity index (χ2n) is 2.77. The average molecular weight is 200 g/mol. The van der Waals surface area contributed by atoms with Gasteiger partial charge in [-0.05, 0) is 19.4 Å². The Bertz CT molecular complexity index is 217. The first-order valence-electron chi connectivity index (χ1n) is 4.76. The van der Waals surface area contributed by atoms with Crippen molar-refractivity contribution in [3.05, 3.63) is 23.4 Å². The number of allylic oxidation sites excluding steroid dienone is 2. The fourth-order valence-corrected chi connectivity index (χ4v) is 1.23. The monoisotopic (exact) mass is 200 g/mol. The third-order valence-corrected chi connectivity index (χ3v) is 1.89. The minimum Gasteiger partial charge on any atom is -0.497 e. The van der Waals surface area contributed by atoms with E-state index in [1.165, 1.54) is 0 Å². The quantitative estimate of drug-likeness (QED) is 0.487. The molecule has 0 rings (SSSR count). The summed E-state index contributed by atoms with van der Waals surface area (Å²) < 4.78 is 15.7. The third kappa shape index (κ3) is 3.32. The van der Waals surface area contributed by atoms with Gasteiger partial charge in [0.05, 0.1) is 21.3 Å². The molecule has 0 N–H and O–H groups in total. The van der Waals surface area contributed by atoms with Crippen LogP contribution in [-0.4, -0.2) is 21.3 Å². The Hall–Kier alpha value is -1.12. The summed E-state index contributed by atoms with van der Waals surface area (Å²) in [4.78, 5) is 0. The molecule has 0 amide bonds. The lowest BCUT2D eigenvalue weighted by Crippen LogP contribution is -2.02. The zero-order chi connectivity index (χ0) is 11.0. The van der Waals surface area contributed by atoms with Crippen LogP contribution < -0.4 is 0 Å². The van der Waals surface area contributed by atoms with Gasteiger partial charge >= 0.3 is 0 Å². The van der Waals surface area contributed by atoms with E-state index in [0.717, 1.165) is 18.6 Å². The summed E-state index contributed by atoms with van der Waals surface area (Å²) in [6.45, 7) is 3.99. The molecule has 0 heterocycles. The Morgan fingerprint density at radius 3 is 2.00 bits per heavy atom. The molecule has 0 fully saturated rings. The lowest BCUT2D eigenvalue weighted by molar-refractivity contribution is 0.179. The van der Waals surface area contributed by atoms with Gasteiger partial charge in [0.2, 0.25) is 0 Å². The molecule has 0 spiro atoms. The zero-order valence-corrected chi connectivity index (χ0v) is 9.72. The van der Waals surface area contributed by atoms with Crippen LogP contribution in [-0.2, 0) is 14.2 Å². The Morgan fingerprint density at radius 2 is 1.71 bits per heavy atom. The van der Waals surface area contributed by atoms with Crippen LogP contribution in [0.5, 0.6) is 0 Å². The fourth-order valence-electron chi connectivity index (χ4n) is 1.23. The van der Waals surface area contributed by atoms with Crippen LogP contribution in [0.15, 0.2) is 23.4 Å². The minimum atomic E-state index is 0.680. The molecular formula is C11H20O3. The summed E-state index contributed by atoms with van der Waals surface area (Å²) in [5, 5.41) is 0. The lowest BCUT2D eigenvalue weighted by Gasteiger charge is -2.14. The molecule has 0 saturated carbocycles. The van der Waals surface area contributed by atoms with Gasteiger partial charge in [-0.25, -0.2) is 0 Å². The van der Waals surface area contributed by atoms with Crippen LogP contribution >= 0.6 is 0 Å². The minimum absolute atomic E-state index is 0.680. The van der Waals surface area contributed by atoms with E-state index in [1.807, 2.05) is 13.0 Å². The highest BCUT2D eigenvalue weighted by atomic mass is 16.5. The van der Waals surface area contributed by atoms with Gasteiger partial charge in [-0.2, -0.15) is 0 Å². The molecule has 0 aromatic heterocycles. The van der Waals surface area contributed by atoms with E-state index < -0.39 is 0 Å². The van der Waals surface area contributed by atoms with Gasteiger partial charge in [-0.1, -0.05) is 6.92 Å². The normalized spacial score (nSPS) is 13.4. The van der Waals surface area contributed by atoms with Crippen LogP contribution in [0.3, 0.4) is 0 Å². The third-order valence-electron chi connectivity index (χ3n) is 1.89. The largest absolute Gasteiger partial charge is 0.497 e. The predicted molar refractivity (Wildman–Crippen MR) is 56.7 cm³/mol. The molecule has 0 radical (unpaired) electrons. The second-order valence-corrected chi connectivity index (χ2v) is 2.77. The average Bonchev–Trinajstić information content (AvgIpc) is 2.23. The first-order valence-corrected chi connectivity index (χ1v) is 4.76. The molecule has 0 unspecified atom stereocenters. The van der Waals surface area contributed by atoms with Gasteiger partial charge in [0.25, 0.3) is 0 Å². The highest BCUT2D eigenvalue weighted by molar-refractivity contribution is 5.22. The SMILES string of the molecule is CC=C(OC)C(OC)=C(CCC)OC. The number of rotatable bonds is 6. The molecule has 0 aliphatic rings. The van der Waals surface area contributed by atoms with Crippen molar-refractivity contribution < 1.29 is 14.2 Å². The Morgan fingerprint density at radius 1 is 1.07 bits per heavy atom. The molecule has 3 heteroatoms. The van der Waals surface area contributed by atoms with Crippen molar-refractivity contribution in [2.75, 3.05) is 21.3 Å². The van der Waals surface area contributed by atoms with E-state index in [9.17, 15) is 0 Å². The molecule has 0 atom stereocenters. The topological polar surface area (TPSA) is 27.7 Å². The summed E-state index contributed by atoms with van der Waals surface area (Å²) in [6.07, 6.45) is 3.71. The van der Waals surface area contributed by atoms with Gasteiger partial charge in [0.1, 0.15) is 5.76 Å². The molecule has 0 aliphatic carbocycles. The molecule has 0 aromatic rings. The maximum absolute atomic E-state index is 5.26. The van der Waals surface area contributed by atoms with Crippen molar-refractivity contribution >= 4 is 0 Å². The van der Waals surface area contributed by atoms with E-state index in [-0.39, 0.29) is 0 Å². The van der Waals surface area contributed by atoms with Crippen molar-refractivity contribution in [1.82, 2.24) is 0 Å². The van der Waals surface area contributed by atoms with Crippen molar-refractivity contribution in [2.45, 2.75) is 26.7 Å². The highest BCUT2D eigenvalue weighted by Gasteiger charge is 2.12. The molecule has 0 aliphatic heterocycles. The van der Waals surface area contributed by atoms with Crippen LogP contribution in [0.4, 0.5) is 0 Å². The summed E-state index contributed by atoms with van der Waals surface area (Å²) in [5.41, 5.74) is 0. The summed E-state index contributed by atoms with van der Waals surface area (Å²) in [7, 11) is 4.88. The lowest BCUT2D eigenvalue weighted by atomic mass is 10.2. The molecule has 3 nitrogen and oxygen atoms in total. The van der Waals surface area contributed by atoms with Gasteiger partial charge in [-0.15, -0.1) is 0 Å². The summed E-state index contributed by atoms with van der Waals surface area (Å²) in [5.74, 6) is 2.21. The maximum atomic E-state index is 5.26. The fraction of sp³-hybridized carbons (Fsp3) is 0.636. The van der Waals surface area contributed by atoms with E-state index in [4.69, 9.17) is 14.2 Å². The van der Waals surface area contributed by atoms with Crippen molar-refractivity contribution in [3.63, 3.8) is 0 Å². The standard InChI is InChI=1S/C11H20O3/c1-6-8-10(13-4)11(14-5)9(7-2)12-3/h7H,6,8H2,1-5H3. The van der Waals surface area contributed by atoms with E-state index in [1.54, 1.807) is 21.3 Å². The van der Waals surface area contributed by atoms with Gasteiger partial charge < -0.3 is 14.2 Å². The van der Waals surface area contributed by atoms with E-state index in [2.05, 4.69) is 6.92 Å². The van der Waals surface area contributed by atoms with E-state index >= 15 is 0 Å².